The fourth-order valence-corrected chi connectivity index (χ4v) is 6.28. The van der Waals surface area contributed by atoms with E-state index in [0.717, 1.165) is 43.1 Å². The van der Waals surface area contributed by atoms with E-state index in [1.54, 1.807) is 5.57 Å². The third kappa shape index (κ3) is 5.07. The zero-order valence-electron chi connectivity index (χ0n) is 19.3. The molecule has 0 bridgehead atoms. The van der Waals surface area contributed by atoms with E-state index in [1.165, 1.54) is 50.5 Å². The highest BCUT2D eigenvalue weighted by Crippen LogP contribution is 2.58. The molecule has 3 fully saturated rings. The molecule has 0 spiro atoms. The molecule has 0 aromatic carbocycles. The molecule has 3 rings (SSSR count). The van der Waals surface area contributed by atoms with Gasteiger partial charge in [0, 0.05) is 0 Å². The molecule has 2 N–H and O–H groups in total. The Hall–Kier alpha value is -0.860. The molecule has 3 saturated carbocycles. The second kappa shape index (κ2) is 9.10. The van der Waals surface area contributed by atoms with Crippen molar-refractivity contribution >= 4 is 0 Å². The average molecular weight is 401 g/mol. The Bertz CT molecular complexity index is 650. The molecule has 5 atom stereocenters. The maximum Gasteiger partial charge on any atom is 0.0787 e. The summed E-state index contributed by atoms with van der Waals surface area (Å²) in [6.45, 7) is 12.8. The van der Waals surface area contributed by atoms with E-state index < -0.39 is 5.60 Å². The van der Waals surface area contributed by atoms with Crippen molar-refractivity contribution in [1.29, 1.82) is 0 Å². The molecule has 0 heterocycles. The topological polar surface area (TPSA) is 40.5 Å². The van der Waals surface area contributed by atoms with E-state index in [-0.39, 0.29) is 6.10 Å². The van der Waals surface area contributed by atoms with E-state index in [9.17, 15) is 10.2 Å². The highest BCUT2D eigenvalue weighted by molar-refractivity contribution is 5.37. The quantitative estimate of drug-likeness (QED) is 0.518. The van der Waals surface area contributed by atoms with Crippen LogP contribution in [-0.2, 0) is 0 Å². The summed E-state index contributed by atoms with van der Waals surface area (Å²) in [5.41, 5.74) is 3.73. The van der Waals surface area contributed by atoms with Gasteiger partial charge in [-0.05, 0) is 112 Å². The van der Waals surface area contributed by atoms with E-state index in [4.69, 9.17) is 0 Å². The van der Waals surface area contributed by atoms with Gasteiger partial charge >= 0.3 is 0 Å². The Balaban J connectivity index is 1.64. The Morgan fingerprint density at radius 3 is 2.66 bits per heavy atom. The van der Waals surface area contributed by atoms with Crippen molar-refractivity contribution in [3.63, 3.8) is 0 Å². The lowest BCUT2D eigenvalue weighted by Crippen LogP contribution is -2.33. The van der Waals surface area contributed by atoms with Crippen molar-refractivity contribution in [2.75, 3.05) is 0 Å². The van der Waals surface area contributed by atoms with Crippen LogP contribution in [0, 0.1) is 23.2 Å². The van der Waals surface area contributed by atoms with E-state index in [1.807, 2.05) is 13.8 Å². The zero-order valence-corrected chi connectivity index (χ0v) is 19.3. The van der Waals surface area contributed by atoms with Gasteiger partial charge in [-0.1, -0.05) is 44.6 Å². The minimum atomic E-state index is -0.562. The number of allylic oxidation sites excluding steroid dienone is 3. The number of aliphatic hydroxyl groups is 2. The first-order valence-electron chi connectivity index (χ1n) is 12.1. The van der Waals surface area contributed by atoms with E-state index in [0.29, 0.717) is 11.3 Å². The molecule has 0 aromatic heterocycles. The van der Waals surface area contributed by atoms with Crippen LogP contribution >= 0.6 is 0 Å². The molecule has 3 unspecified atom stereocenters. The number of aliphatic hydroxyl groups excluding tert-OH is 1. The van der Waals surface area contributed by atoms with Gasteiger partial charge in [-0.3, -0.25) is 0 Å². The fourth-order valence-electron chi connectivity index (χ4n) is 6.28. The van der Waals surface area contributed by atoms with Crippen LogP contribution in [0.15, 0.2) is 35.5 Å². The van der Waals surface area contributed by atoms with Crippen LogP contribution in [0.1, 0.15) is 98.3 Å². The summed E-state index contributed by atoms with van der Waals surface area (Å²) < 4.78 is 0. The highest BCUT2D eigenvalue weighted by atomic mass is 16.3. The highest BCUT2D eigenvalue weighted by Gasteiger charge is 2.48. The molecule has 2 nitrogen and oxygen atoms in total. The summed E-state index contributed by atoms with van der Waals surface area (Å²) in [6.07, 6.45) is 17.6. The standard InChI is InChI=1S/C27H44O2/c1-19(26(3,4)29)9-6-12-23-16-17-24-22(11-8-18-27(23,24)5)15-14-21-10-7-13-25(28)20(21)2/h14-15,19,23-25,28-29H,2,6-13,16-18H2,1,3-5H3/b21-14-,22-15+/t19-,23+,24?,25?,27?/m1/s1. The normalized spacial score (nSPS) is 37.2. The third-order valence-electron chi connectivity index (χ3n) is 8.79. The summed E-state index contributed by atoms with van der Waals surface area (Å²) in [5, 5.41) is 20.3. The summed E-state index contributed by atoms with van der Waals surface area (Å²) in [4.78, 5) is 0. The molecule has 0 aromatic rings. The minimum Gasteiger partial charge on any atom is -0.390 e. The first-order chi connectivity index (χ1) is 13.6. The second-order valence-electron chi connectivity index (χ2n) is 11.0. The van der Waals surface area contributed by atoms with Gasteiger partial charge in [0.05, 0.1) is 11.7 Å². The van der Waals surface area contributed by atoms with Gasteiger partial charge in [0.2, 0.25) is 0 Å². The van der Waals surface area contributed by atoms with Crippen molar-refractivity contribution < 1.29 is 10.2 Å². The molecule has 29 heavy (non-hydrogen) atoms. The molecule has 0 amide bonds. The van der Waals surface area contributed by atoms with Crippen LogP contribution in [0.4, 0.5) is 0 Å². The van der Waals surface area contributed by atoms with Crippen molar-refractivity contribution in [2.45, 2.75) is 110 Å². The van der Waals surface area contributed by atoms with E-state index >= 15 is 0 Å². The Kier molecular flexibility index (Phi) is 7.16. The van der Waals surface area contributed by atoms with Gasteiger partial charge in [-0.25, -0.2) is 0 Å². The predicted octanol–water partition coefficient (Wildman–Crippen LogP) is 6.73. The third-order valence-corrected chi connectivity index (χ3v) is 8.79. The Morgan fingerprint density at radius 2 is 1.93 bits per heavy atom. The van der Waals surface area contributed by atoms with Gasteiger partial charge in [-0.15, -0.1) is 0 Å². The Labute approximate surface area is 179 Å². The molecule has 2 heteroatoms. The van der Waals surface area contributed by atoms with Crippen molar-refractivity contribution in [1.82, 2.24) is 0 Å². The largest absolute Gasteiger partial charge is 0.390 e. The summed E-state index contributed by atoms with van der Waals surface area (Å²) in [6, 6.07) is 0. The first-order valence-corrected chi connectivity index (χ1v) is 12.1. The van der Waals surface area contributed by atoms with Gasteiger partial charge in [-0.2, -0.15) is 0 Å². The molecular weight excluding hydrogens is 356 g/mol. The zero-order chi connectivity index (χ0) is 21.2. The molecular formula is C27H44O2. The maximum absolute atomic E-state index is 10.2. The monoisotopic (exact) mass is 400 g/mol. The van der Waals surface area contributed by atoms with Crippen LogP contribution < -0.4 is 0 Å². The number of hydrogen-bond acceptors (Lipinski definition) is 2. The van der Waals surface area contributed by atoms with Gasteiger partial charge < -0.3 is 10.2 Å². The predicted molar refractivity (Wildman–Crippen MR) is 123 cm³/mol. The maximum atomic E-state index is 10.2. The molecule has 0 saturated heterocycles. The van der Waals surface area contributed by atoms with Crippen LogP contribution in [0.5, 0.6) is 0 Å². The van der Waals surface area contributed by atoms with Crippen LogP contribution in [0.25, 0.3) is 0 Å². The van der Waals surface area contributed by atoms with Gasteiger partial charge in [0.1, 0.15) is 0 Å². The lowest BCUT2D eigenvalue weighted by Gasteiger charge is -2.42. The molecule has 3 aliphatic rings. The lowest BCUT2D eigenvalue weighted by molar-refractivity contribution is 0.0188. The minimum absolute atomic E-state index is 0.341. The number of hydrogen-bond donors (Lipinski definition) is 2. The van der Waals surface area contributed by atoms with Crippen LogP contribution in [-0.4, -0.2) is 21.9 Å². The van der Waals surface area contributed by atoms with Gasteiger partial charge in [0.25, 0.3) is 0 Å². The number of rotatable bonds is 6. The average Bonchev–Trinajstić information content (AvgIpc) is 2.99. The second-order valence-corrected chi connectivity index (χ2v) is 11.0. The smallest absolute Gasteiger partial charge is 0.0787 e. The molecule has 3 aliphatic carbocycles. The fraction of sp³-hybridized carbons (Fsp3) is 0.778. The van der Waals surface area contributed by atoms with Gasteiger partial charge in [0.15, 0.2) is 0 Å². The molecule has 0 aliphatic heterocycles. The van der Waals surface area contributed by atoms with Crippen molar-refractivity contribution in [2.24, 2.45) is 23.2 Å². The van der Waals surface area contributed by atoms with E-state index in [2.05, 4.69) is 32.6 Å². The van der Waals surface area contributed by atoms with Crippen LogP contribution in [0.2, 0.25) is 0 Å². The summed E-state index contributed by atoms with van der Waals surface area (Å²) in [7, 11) is 0. The van der Waals surface area contributed by atoms with Crippen LogP contribution in [0.3, 0.4) is 0 Å². The van der Waals surface area contributed by atoms with Crippen molar-refractivity contribution in [3.8, 4) is 0 Å². The molecule has 164 valence electrons. The lowest BCUT2D eigenvalue weighted by atomic mass is 9.62. The molecule has 0 radical (unpaired) electrons. The SMILES string of the molecule is C=C1/C(=C\C=C2/CCCC3(C)C2CC[C@@H]3CCC[C@@H](C)C(C)(C)O)CCCC1O. The summed E-state index contributed by atoms with van der Waals surface area (Å²) in [5.74, 6) is 1.91. The number of fused-ring (bicyclic) bond motifs is 1. The summed E-state index contributed by atoms with van der Waals surface area (Å²) >= 11 is 0. The van der Waals surface area contributed by atoms with Crippen molar-refractivity contribution in [3.05, 3.63) is 35.5 Å². The first kappa shape index (κ1) is 22.8. The Morgan fingerprint density at radius 1 is 1.17 bits per heavy atom.